The number of aryl methyl sites for hydroxylation is 1. The Balaban J connectivity index is 2.04. The van der Waals surface area contributed by atoms with Crippen LogP contribution in [0.25, 0.3) is 0 Å². The molecule has 8 nitrogen and oxygen atoms in total. The molecule has 0 spiro atoms. The van der Waals surface area contributed by atoms with Gasteiger partial charge in [-0.25, -0.2) is 4.79 Å². The van der Waals surface area contributed by atoms with Crippen LogP contribution in [0.1, 0.15) is 43.0 Å². The number of hydrogen-bond donors (Lipinski definition) is 1. The molecule has 168 valence electrons. The van der Waals surface area contributed by atoms with Crippen molar-refractivity contribution in [3.63, 3.8) is 0 Å². The van der Waals surface area contributed by atoms with Crippen molar-refractivity contribution in [2.24, 2.45) is 0 Å². The van der Waals surface area contributed by atoms with Crippen molar-refractivity contribution >= 4 is 28.2 Å². The zero-order chi connectivity index (χ0) is 23.3. The van der Waals surface area contributed by atoms with E-state index in [1.54, 1.807) is 19.1 Å². The molecule has 1 aliphatic heterocycles. The van der Waals surface area contributed by atoms with E-state index >= 15 is 0 Å². The van der Waals surface area contributed by atoms with Crippen LogP contribution < -0.4 is 5.32 Å². The monoisotopic (exact) mass is 454 g/mol. The van der Waals surface area contributed by atoms with Crippen LogP contribution in [0.2, 0.25) is 0 Å². The van der Waals surface area contributed by atoms with E-state index in [2.05, 4.69) is 20.5 Å². The van der Waals surface area contributed by atoms with Gasteiger partial charge in [-0.3, -0.25) is 15.0 Å². The highest BCUT2D eigenvalue weighted by atomic mass is 32.1. The molecule has 0 bridgehead atoms. The quantitative estimate of drug-likeness (QED) is 0.265. The van der Waals surface area contributed by atoms with Crippen molar-refractivity contribution in [2.45, 2.75) is 32.6 Å². The summed E-state index contributed by atoms with van der Waals surface area (Å²) in [7, 11) is 1.97. The number of carbonyl (C=O) groups excluding carboxylic acids is 1. The molecule has 2 aromatic rings. The fourth-order valence-corrected chi connectivity index (χ4v) is 4.80. The van der Waals surface area contributed by atoms with Crippen LogP contribution in [0.15, 0.2) is 35.5 Å². The molecular formula is C23H26N4O4S. The molecule has 1 aromatic heterocycles. The van der Waals surface area contributed by atoms with E-state index in [-0.39, 0.29) is 12.3 Å². The number of hydrogen-bond acceptors (Lipinski definition) is 8. The Labute approximate surface area is 191 Å². The summed E-state index contributed by atoms with van der Waals surface area (Å²) >= 11 is 1.33. The van der Waals surface area contributed by atoms with Crippen LogP contribution in [0.4, 0.5) is 10.7 Å². The van der Waals surface area contributed by atoms with Crippen molar-refractivity contribution in [3.8, 4) is 12.3 Å². The second kappa shape index (κ2) is 10.4. The molecule has 1 aromatic carbocycles. The minimum atomic E-state index is -0.498. The van der Waals surface area contributed by atoms with Crippen LogP contribution in [-0.2, 0) is 16.0 Å². The molecule has 1 N–H and O–H groups in total. The Morgan fingerprint density at radius 1 is 1.47 bits per heavy atom. The van der Waals surface area contributed by atoms with E-state index in [0.717, 1.165) is 29.2 Å². The van der Waals surface area contributed by atoms with Gasteiger partial charge in [0.05, 0.1) is 29.3 Å². The van der Waals surface area contributed by atoms with E-state index in [1.165, 1.54) is 23.7 Å². The average molecular weight is 455 g/mol. The number of nitro benzene ring substituents is 1. The van der Waals surface area contributed by atoms with Gasteiger partial charge in [-0.05, 0) is 57.4 Å². The number of nitrogens with one attached hydrogen (secondary N) is 1. The Kier molecular flexibility index (Phi) is 7.62. The molecule has 1 unspecified atom stereocenters. The number of fused-ring (bicyclic) bond motifs is 1. The molecule has 9 heteroatoms. The van der Waals surface area contributed by atoms with Gasteiger partial charge in [0.2, 0.25) is 0 Å². The first-order valence-corrected chi connectivity index (χ1v) is 11.1. The number of allylic oxidation sites excluding steroid dienone is 1. The summed E-state index contributed by atoms with van der Waals surface area (Å²) in [4.78, 5) is 26.0. The lowest BCUT2D eigenvalue weighted by Gasteiger charge is -2.28. The lowest BCUT2D eigenvalue weighted by molar-refractivity contribution is -0.384. The Morgan fingerprint density at radius 3 is 2.94 bits per heavy atom. The minimum Gasteiger partial charge on any atom is -0.463 e. The van der Waals surface area contributed by atoms with Crippen molar-refractivity contribution < 1.29 is 14.5 Å². The van der Waals surface area contributed by atoms with Gasteiger partial charge in [0.1, 0.15) is 5.00 Å². The Hall–Kier alpha value is -3.22. The van der Waals surface area contributed by atoms with E-state index in [1.807, 2.05) is 14.0 Å². The van der Waals surface area contributed by atoms with E-state index < -0.39 is 16.8 Å². The molecule has 0 saturated carbocycles. The number of non-ortho nitro benzene ring substituents is 1. The molecule has 2 heterocycles. The van der Waals surface area contributed by atoms with Crippen LogP contribution in [0.3, 0.4) is 0 Å². The number of nitrogens with zero attached hydrogens (tertiary/aromatic N) is 3. The van der Waals surface area contributed by atoms with Crippen LogP contribution in [0, 0.1) is 22.5 Å². The second-order valence-electron chi connectivity index (χ2n) is 7.59. The largest absolute Gasteiger partial charge is 0.463 e. The maximum atomic E-state index is 12.9. The first-order valence-electron chi connectivity index (χ1n) is 10.4. The molecule has 32 heavy (non-hydrogen) atoms. The topological polar surface area (TPSA) is 97.6 Å². The highest BCUT2D eigenvalue weighted by Gasteiger charge is 2.37. The average Bonchev–Trinajstić information content (AvgIpc) is 3.15. The first kappa shape index (κ1) is 23.4. The summed E-state index contributed by atoms with van der Waals surface area (Å²) in [5.41, 5.74) is 3.50. The van der Waals surface area contributed by atoms with Crippen molar-refractivity contribution in [1.82, 2.24) is 9.27 Å². The molecule has 1 aliphatic rings. The van der Waals surface area contributed by atoms with Gasteiger partial charge in [-0.2, -0.15) is 4.37 Å². The van der Waals surface area contributed by atoms with Crippen LogP contribution in [0.5, 0.6) is 0 Å². The summed E-state index contributed by atoms with van der Waals surface area (Å²) < 4.78 is 9.99. The SMILES string of the molecule is C#CCN(C)CCCc1nsc2c1C(c1cccc([N+](=O)[O-])c1)C(C(=O)OCC)=C(C)N2. The molecule has 0 fully saturated rings. The number of aromatic nitrogens is 1. The highest BCUT2D eigenvalue weighted by molar-refractivity contribution is 7.10. The van der Waals surface area contributed by atoms with Crippen molar-refractivity contribution in [3.05, 3.63) is 62.5 Å². The predicted octanol–water partition coefficient (Wildman–Crippen LogP) is 3.94. The molecule has 0 aliphatic carbocycles. The Morgan fingerprint density at radius 2 is 2.25 bits per heavy atom. The lowest BCUT2D eigenvalue weighted by Crippen LogP contribution is -2.25. The van der Waals surface area contributed by atoms with Gasteiger partial charge in [0.15, 0.2) is 0 Å². The molecule has 0 radical (unpaired) electrons. The zero-order valence-electron chi connectivity index (χ0n) is 18.4. The smallest absolute Gasteiger partial charge is 0.336 e. The number of terminal acetylenes is 1. The third-order valence-corrected chi connectivity index (χ3v) is 6.13. The van der Waals surface area contributed by atoms with Gasteiger partial charge in [-0.1, -0.05) is 18.1 Å². The maximum Gasteiger partial charge on any atom is 0.336 e. The third kappa shape index (κ3) is 4.98. The van der Waals surface area contributed by atoms with Crippen molar-refractivity contribution in [1.29, 1.82) is 0 Å². The summed E-state index contributed by atoms with van der Waals surface area (Å²) in [6.45, 7) is 5.18. The number of anilines is 1. The standard InChI is InChI=1S/C23H26N4O4S/c1-5-12-26(4)13-8-11-18-21-20(16-9-7-10-17(14-16)27(29)30)19(23(28)31-6-2)15(3)24-22(21)32-25-18/h1,7,9-10,14,20,24H,6,8,11-13H2,2-4H3. The molecular weight excluding hydrogens is 428 g/mol. The van der Waals surface area contributed by atoms with Gasteiger partial charge < -0.3 is 10.1 Å². The summed E-state index contributed by atoms with van der Waals surface area (Å²) in [6.07, 6.45) is 6.91. The zero-order valence-corrected chi connectivity index (χ0v) is 19.2. The fraction of sp³-hybridized carbons (Fsp3) is 0.391. The first-order chi connectivity index (χ1) is 15.4. The number of ether oxygens (including phenoxy) is 1. The Bertz CT molecular complexity index is 1090. The highest BCUT2D eigenvalue weighted by Crippen LogP contribution is 2.46. The summed E-state index contributed by atoms with van der Waals surface area (Å²) in [5.74, 6) is 1.69. The molecule has 1 atom stereocenters. The van der Waals surface area contributed by atoms with Crippen molar-refractivity contribution in [2.75, 3.05) is 32.1 Å². The summed E-state index contributed by atoms with van der Waals surface area (Å²) in [6, 6.07) is 6.41. The van der Waals surface area contributed by atoms with Gasteiger partial charge in [0, 0.05) is 29.3 Å². The number of rotatable bonds is 9. The predicted molar refractivity (Wildman–Crippen MR) is 125 cm³/mol. The summed E-state index contributed by atoms with van der Waals surface area (Å²) in [5, 5.41) is 15.5. The maximum absolute atomic E-state index is 12.9. The van der Waals surface area contributed by atoms with E-state index in [9.17, 15) is 14.9 Å². The number of benzene rings is 1. The number of esters is 1. The number of nitro groups is 1. The normalized spacial score (nSPS) is 15.2. The van der Waals surface area contributed by atoms with E-state index in [0.29, 0.717) is 29.8 Å². The second-order valence-corrected chi connectivity index (χ2v) is 8.36. The van der Waals surface area contributed by atoms with Crippen LogP contribution >= 0.6 is 11.5 Å². The third-order valence-electron chi connectivity index (χ3n) is 5.31. The molecule has 3 rings (SSSR count). The van der Waals surface area contributed by atoms with Gasteiger partial charge >= 0.3 is 5.97 Å². The van der Waals surface area contributed by atoms with Gasteiger partial charge in [0.25, 0.3) is 5.69 Å². The van der Waals surface area contributed by atoms with E-state index in [4.69, 9.17) is 11.2 Å². The fourth-order valence-electron chi connectivity index (χ4n) is 3.88. The number of carbonyl (C=O) groups is 1. The van der Waals surface area contributed by atoms with Crippen LogP contribution in [-0.4, -0.2) is 46.9 Å². The molecule has 0 amide bonds. The lowest BCUT2D eigenvalue weighted by atomic mass is 9.81. The molecule has 0 saturated heterocycles. The minimum absolute atomic E-state index is 0.0240. The van der Waals surface area contributed by atoms with Gasteiger partial charge in [-0.15, -0.1) is 6.42 Å².